The minimum atomic E-state index is -0.00295. The monoisotopic (exact) mass is 280 g/mol. The van der Waals surface area contributed by atoms with Crippen LogP contribution < -0.4 is 10.3 Å². The molecular formula is C17H16N2O2. The van der Waals surface area contributed by atoms with E-state index in [9.17, 15) is 9.59 Å². The van der Waals surface area contributed by atoms with Gasteiger partial charge in [0.2, 0.25) is 5.91 Å². The molecule has 1 aliphatic heterocycles. The van der Waals surface area contributed by atoms with Crippen molar-refractivity contribution in [2.24, 2.45) is 0 Å². The van der Waals surface area contributed by atoms with E-state index in [0.29, 0.717) is 6.54 Å². The lowest BCUT2D eigenvalue weighted by molar-refractivity contribution is -0.116. The molecule has 0 spiro atoms. The highest BCUT2D eigenvalue weighted by atomic mass is 16.2. The number of rotatable bonds is 0. The van der Waals surface area contributed by atoms with Crippen LogP contribution >= 0.6 is 0 Å². The van der Waals surface area contributed by atoms with Crippen molar-refractivity contribution in [1.29, 1.82) is 0 Å². The summed E-state index contributed by atoms with van der Waals surface area (Å²) in [5.41, 5.74) is 4.23. The summed E-state index contributed by atoms with van der Waals surface area (Å²) in [5.74, 6) is 0.752. The number of carbonyl (C=O) groups excluding carboxylic acids is 1. The maximum atomic E-state index is 12.6. The highest BCUT2D eigenvalue weighted by molar-refractivity contribution is 5.91. The number of amides is 1. The summed E-state index contributed by atoms with van der Waals surface area (Å²) >= 11 is 0. The summed E-state index contributed by atoms with van der Waals surface area (Å²) in [5, 5.41) is 0. The third kappa shape index (κ3) is 1.68. The Morgan fingerprint density at radius 1 is 1.14 bits per heavy atom. The fourth-order valence-electron chi connectivity index (χ4n) is 3.57. The van der Waals surface area contributed by atoms with Crippen molar-refractivity contribution in [2.75, 3.05) is 11.4 Å². The van der Waals surface area contributed by atoms with Gasteiger partial charge in [0.15, 0.2) is 5.43 Å². The second kappa shape index (κ2) is 4.32. The topological polar surface area (TPSA) is 42.3 Å². The van der Waals surface area contributed by atoms with Gasteiger partial charge < -0.3 is 4.57 Å². The first-order valence-corrected chi connectivity index (χ1v) is 7.30. The molecule has 0 N–H and O–H groups in total. The van der Waals surface area contributed by atoms with Crippen LogP contribution in [0.3, 0.4) is 0 Å². The second-order valence-electron chi connectivity index (χ2n) is 5.67. The molecule has 1 aromatic heterocycles. The Balaban J connectivity index is 2.00. The number of hydrogen-bond donors (Lipinski definition) is 0. The second-order valence-corrected chi connectivity index (χ2v) is 5.67. The standard InChI is InChI=1S/C17H16N2O2/c1-11(20)18-8-9-19-14-7-6-12-4-2-3-5-13(12)17(14)15(21)10-16(18)19/h2-5,10H,6-9H2,1H3. The predicted octanol–water partition coefficient (Wildman–Crippen LogP) is 1.98. The molecule has 2 aromatic rings. The van der Waals surface area contributed by atoms with Gasteiger partial charge >= 0.3 is 0 Å². The lowest BCUT2D eigenvalue weighted by Crippen LogP contribution is -2.27. The molecular weight excluding hydrogens is 264 g/mol. The van der Waals surface area contributed by atoms with Gasteiger partial charge in [0.05, 0.1) is 0 Å². The van der Waals surface area contributed by atoms with E-state index in [-0.39, 0.29) is 11.3 Å². The Morgan fingerprint density at radius 3 is 2.76 bits per heavy atom. The summed E-state index contributed by atoms with van der Waals surface area (Å²) in [6.45, 7) is 2.99. The first-order chi connectivity index (χ1) is 10.2. The van der Waals surface area contributed by atoms with E-state index in [1.807, 2.05) is 18.2 Å². The number of pyridine rings is 1. The van der Waals surface area contributed by atoms with Gasteiger partial charge in [-0.1, -0.05) is 24.3 Å². The van der Waals surface area contributed by atoms with Crippen LogP contribution in [0.15, 0.2) is 35.1 Å². The van der Waals surface area contributed by atoms with E-state index in [4.69, 9.17) is 0 Å². The van der Waals surface area contributed by atoms with E-state index in [1.54, 1.807) is 17.9 Å². The molecule has 2 aliphatic rings. The van der Waals surface area contributed by atoms with E-state index in [2.05, 4.69) is 10.6 Å². The quantitative estimate of drug-likeness (QED) is 0.740. The van der Waals surface area contributed by atoms with Crippen LogP contribution in [-0.4, -0.2) is 17.0 Å². The zero-order chi connectivity index (χ0) is 14.6. The van der Waals surface area contributed by atoms with Crippen molar-refractivity contribution in [3.05, 3.63) is 51.8 Å². The lowest BCUT2D eigenvalue weighted by atomic mass is 9.88. The molecule has 1 amide bonds. The first kappa shape index (κ1) is 12.4. The number of anilines is 1. The molecule has 0 saturated carbocycles. The van der Waals surface area contributed by atoms with Crippen LogP contribution in [0.5, 0.6) is 0 Å². The molecule has 0 unspecified atom stereocenters. The maximum Gasteiger partial charge on any atom is 0.225 e. The number of carbonyl (C=O) groups is 1. The third-order valence-electron chi connectivity index (χ3n) is 4.52. The molecule has 4 rings (SSSR count). The summed E-state index contributed by atoms with van der Waals surface area (Å²) in [4.78, 5) is 26.0. The molecule has 106 valence electrons. The van der Waals surface area contributed by atoms with E-state index < -0.39 is 0 Å². The Bertz CT molecular complexity index is 820. The number of hydrogen-bond acceptors (Lipinski definition) is 2. The summed E-state index contributed by atoms with van der Waals surface area (Å²) in [6.07, 6.45) is 1.81. The largest absolute Gasteiger partial charge is 0.329 e. The normalized spacial score (nSPS) is 15.4. The SMILES string of the molecule is CC(=O)N1CCn2c1cc(=O)c1c2CCc2ccccc2-1. The van der Waals surface area contributed by atoms with Crippen molar-refractivity contribution < 1.29 is 4.79 Å². The molecule has 1 aliphatic carbocycles. The van der Waals surface area contributed by atoms with Crippen LogP contribution in [0.2, 0.25) is 0 Å². The Hall–Kier alpha value is -2.36. The van der Waals surface area contributed by atoms with E-state index >= 15 is 0 Å². The number of fused-ring (bicyclic) bond motifs is 5. The van der Waals surface area contributed by atoms with E-state index in [0.717, 1.165) is 42.0 Å². The molecule has 1 aromatic carbocycles. The zero-order valence-corrected chi connectivity index (χ0v) is 11.9. The number of benzene rings is 1. The molecule has 4 heteroatoms. The van der Waals surface area contributed by atoms with Gasteiger partial charge in [0.1, 0.15) is 5.82 Å². The third-order valence-corrected chi connectivity index (χ3v) is 4.52. The summed E-state index contributed by atoms with van der Waals surface area (Å²) in [6, 6.07) is 9.74. The van der Waals surface area contributed by atoms with Crippen LogP contribution in [0.25, 0.3) is 11.1 Å². The van der Waals surface area contributed by atoms with Crippen molar-refractivity contribution in [3.8, 4) is 11.1 Å². The summed E-state index contributed by atoms with van der Waals surface area (Å²) < 4.78 is 2.15. The summed E-state index contributed by atoms with van der Waals surface area (Å²) in [7, 11) is 0. The first-order valence-electron chi connectivity index (χ1n) is 7.30. The van der Waals surface area contributed by atoms with Crippen molar-refractivity contribution in [2.45, 2.75) is 26.3 Å². The van der Waals surface area contributed by atoms with Crippen molar-refractivity contribution in [3.63, 3.8) is 0 Å². The number of aryl methyl sites for hydroxylation is 1. The van der Waals surface area contributed by atoms with Crippen LogP contribution in [0.4, 0.5) is 5.82 Å². The Kier molecular flexibility index (Phi) is 2.55. The lowest BCUT2D eigenvalue weighted by Gasteiger charge is -2.23. The molecule has 0 atom stereocenters. The Labute approximate surface area is 122 Å². The van der Waals surface area contributed by atoms with Crippen LogP contribution in [-0.2, 0) is 24.2 Å². The molecule has 0 fully saturated rings. The zero-order valence-electron chi connectivity index (χ0n) is 11.9. The van der Waals surface area contributed by atoms with Crippen LogP contribution in [0, 0.1) is 0 Å². The highest BCUT2D eigenvalue weighted by Gasteiger charge is 2.29. The molecule has 2 heterocycles. The molecule has 4 nitrogen and oxygen atoms in total. The van der Waals surface area contributed by atoms with Crippen LogP contribution in [0.1, 0.15) is 18.2 Å². The Morgan fingerprint density at radius 2 is 1.95 bits per heavy atom. The predicted molar refractivity (Wildman–Crippen MR) is 81.6 cm³/mol. The fourth-order valence-corrected chi connectivity index (χ4v) is 3.57. The minimum absolute atomic E-state index is 0.00295. The van der Waals surface area contributed by atoms with Gasteiger partial charge in [-0.05, 0) is 24.0 Å². The number of nitrogens with zero attached hydrogens (tertiary/aromatic N) is 2. The highest BCUT2D eigenvalue weighted by Crippen LogP contribution is 2.34. The van der Waals surface area contributed by atoms with Crippen molar-refractivity contribution in [1.82, 2.24) is 4.57 Å². The smallest absolute Gasteiger partial charge is 0.225 e. The maximum absolute atomic E-state index is 12.6. The van der Waals surface area contributed by atoms with Gasteiger partial charge in [-0.3, -0.25) is 14.5 Å². The molecule has 0 saturated heterocycles. The van der Waals surface area contributed by atoms with Gasteiger partial charge in [-0.15, -0.1) is 0 Å². The molecule has 21 heavy (non-hydrogen) atoms. The van der Waals surface area contributed by atoms with Crippen molar-refractivity contribution >= 4 is 11.7 Å². The van der Waals surface area contributed by atoms with Gasteiger partial charge in [-0.25, -0.2) is 0 Å². The van der Waals surface area contributed by atoms with Gasteiger partial charge in [0, 0.05) is 37.3 Å². The molecule has 0 radical (unpaired) electrons. The van der Waals surface area contributed by atoms with Gasteiger partial charge in [-0.2, -0.15) is 0 Å². The van der Waals surface area contributed by atoms with Gasteiger partial charge in [0.25, 0.3) is 0 Å². The van der Waals surface area contributed by atoms with E-state index in [1.165, 1.54) is 5.56 Å². The minimum Gasteiger partial charge on any atom is -0.329 e. The molecule has 0 bridgehead atoms. The number of aromatic nitrogens is 1. The average Bonchev–Trinajstić information content (AvgIpc) is 2.90. The fraction of sp³-hybridized carbons (Fsp3) is 0.294. The average molecular weight is 280 g/mol.